The van der Waals surface area contributed by atoms with Crippen LogP contribution in [-0.4, -0.2) is 40.3 Å². The lowest BCUT2D eigenvalue weighted by Crippen LogP contribution is -2.49. The highest BCUT2D eigenvalue weighted by Gasteiger charge is 2.23. The topological polar surface area (TPSA) is 116 Å². The predicted octanol–water partition coefficient (Wildman–Crippen LogP) is 0.845. The summed E-state index contributed by atoms with van der Waals surface area (Å²) in [6, 6.07) is 7.12. The van der Waals surface area contributed by atoms with Crippen molar-refractivity contribution in [3.8, 4) is 0 Å². The normalized spacial score (nSPS) is 13.0. The monoisotopic (exact) mass is 294 g/mol. The summed E-state index contributed by atoms with van der Waals surface area (Å²) >= 11 is 0. The molecule has 0 aliphatic rings. The molecule has 7 nitrogen and oxygen atoms in total. The molecule has 114 valence electrons. The molecule has 0 aliphatic heterocycles. The van der Waals surface area contributed by atoms with Gasteiger partial charge in [0.15, 0.2) is 0 Å². The average molecular weight is 294 g/mol. The molecule has 0 radical (unpaired) electrons. The molecule has 0 saturated carbocycles. The predicted molar refractivity (Wildman–Crippen MR) is 75.0 cm³/mol. The van der Waals surface area contributed by atoms with Gasteiger partial charge in [0.1, 0.15) is 6.04 Å². The molecule has 7 heteroatoms. The standard InChI is InChI=1S/C14H18N2O5/c1-9(7-10-5-3-2-4-6-10)15-14(21)16-11(13(19)20)8-12(17)18/h2-6,9,11H,7-8H2,1H3,(H,17,18)(H,19,20)(H2,15,16,21)/t9?,11-/m0/s1. The minimum atomic E-state index is -1.45. The van der Waals surface area contributed by atoms with Crippen LogP contribution in [0.4, 0.5) is 4.79 Å². The molecular formula is C14H18N2O5. The van der Waals surface area contributed by atoms with Gasteiger partial charge in [-0.15, -0.1) is 0 Å². The van der Waals surface area contributed by atoms with Gasteiger partial charge >= 0.3 is 18.0 Å². The van der Waals surface area contributed by atoms with Crippen molar-refractivity contribution in [2.45, 2.75) is 31.8 Å². The fourth-order valence-corrected chi connectivity index (χ4v) is 1.82. The quantitative estimate of drug-likeness (QED) is 0.595. The molecule has 2 atom stereocenters. The van der Waals surface area contributed by atoms with Gasteiger partial charge in [-0.25, -0.2) is 9.59 Å². The van der Waals surface area contributed by atoms with Gasteiger partial charge in [-0.1, -0.05) is 30.3 Å². The minimum absolute atomic E-state index is 0.216. The number of carboxylic acid groups (broad SMARTS) is 2. The van der Waals surface area contributed by atoms with Crippen molar-refractivity contribution >= 4 is 18.0 Å². The van der Waals surface area contributed by atoms with Crippen molar-refractivity contribution in [3.63, 3.8) is 0 Å². The summed E-state index contributed by atoms with van der Waals surface area (Å²) in [5.41, 5.74) is 1.03. The van der Waals surface area contributed by atoms with Gasteiger partial charge in [0.05, 0.1) is 6.42 Å². The van der Waals surface area contributed by atoms with E-state index in [2.05, 4.69) is 10.6 Å². The fourth-order valence-electron chi connectivity index (χ4n) is 1.82. The van der Waals surface area contributed by atoms with Gasteiger partial charge in [0, 0.05) is 6.04 Å². The number of carbonyl (C=O) groups is 3. The van der Waals surface area contributed by atoms with Crippen molar-refractivity contribution in [1.29, 1.82) is 0 Å². The molecule has 1 unspecified atom stereocenters. The van der Waals surface area contributed by atoms with Crippen LogP contribution in [-0.2, 0) is 16.0 Å². The van der Waals surface area contributed by atoms with Gasteiger partial charge in [-0.2, -0.15) is 0 Å². The van der Waals surface area contributed by atoms with Crippen LogP contribution in [0.5, 0.6) is 0 Å². The second kappa shape index (κ2) is 7.88. The van der Waals surface area contributed by atoms with Crippen molar-refractivity contribution in [2.24, 2.45) is 0 Å². The van der Waals surface area contributed by atoms with Gasteiger partial charge in [-0.3, -0.25) is 4.79 Å². The van der Waals surface area contributed by atoms with E-state index in [1.165, 1.54) is 0 Å². The lowest BCUT2D eigenvalue weighted by Gasteiger charge is -2.17. The van der Waals surface area contributed by atoms with E-state index in [0.29, 0.717) is 6.42 Å². The lowest BCUT2D eigenvalue weighted by molar-refractivity contribution is -0.145. The molecule has 0 spiro atoms. The Morgan fingerprint density at radius 2 is 1.71 bits per heavy atom. The highest BCUT2D eigenvalue weighted by Crippen LogP contribution is 2.02. The SMILES string of the molecule is CC(Cc1ccccc1)NC(=O)N[C@@H](CC(=O)O)C(=O)O. The maximum atomic E-state index is 11.7. The number of carbonyl (C=O) groups excluding carboxylic acids is 1. The third kappa shape index (κ3) is 6.42. The molecule has 1 aromatic carbocycles. The molecule has 1 aromatic rings. The number of urea groups is 1. The number of aliphatic carboxylic acids is 2. The summed E-state index contributed by atoms with van der Waals surface area (Å²) in [7, 11) is 0. The van der Waals surface area contributed by atoms with Gasteiger partial charge in [-0.05, 0) is 18.9 Å². The maximum absolute atomic E-state index is 11.7. The van der Waals surface area contributed by atoms with Crippen LogP contribution in [0.25, 0.3) is 0 Å². The molecule has 0 heterocycles. The van der Waals surface area contributed by atoms with Crippen LogP contribution in [0, 0.1) is 0 Å². The average Bonchev–Trinajstić information content (AvgIpc) is 2.38. The van der Waals surface area contributed by atoms with E-state index in [9.17, 15) is 14.4 Å². The van der Waals surface area contributed by atoms with Crippen LogP contribution >= 0.6 is 0 Å². The fraction of sp³-hybridized carbons (Fsp3) is 0.357. The van der Waals surface area contributed by atoms with Crippen LogP contribution in [0.1, 0.15) is 18.9 Å². The Bertz CT molecular complexity index is 503. The van der Waals surface area contributed by atoms with E-state index in [-0.39, 0.29) is 6.04 Å². The summed E-state index contributed by atoms with van der Waals surface area (Å²) in [5, 5.41) is 22.1. The van der Waals surface area contributed by atoms with Crippen LogP contribution in [0.15, 0.2) is 30.3 Å². The third-order valence-electron chi connectivity index (χ3n) is 2.74. The van der Waals surface area contributed by atoms with Crippen LogP contribution in [0.2, 0.25) is 0 Å². The highest BCUT2D eigenvalue weighted by molar-refractivity contribution is 5.86. The summed E-state index contributed by atoms with van der Waals surface area (Å²) in [6.07, 6.45) is -0.0826. The Morgan fingerprint density at radius 3 is 2.24 bits per heavy atom. The largest absolute Gasteiger partial charge is 0.481 e. The summed E-state index contributed by atoms with van der Waals surface area (Å²) in [4.78, 5) is 33.0. The summed E-state index contributed by atoms with van der Waals surface area (Å²) < 4.78 is 0. The Kier molecular flexibility index (Phi) is 6.19. The lowest BCUT2D eigenvalue weighted by atomic mass is 10.1. The van der Waals surface area contributed by atoms with Crippen molar-refractivity contribution in [1.82, 2.24) is 10.6 Å². The van der Waals surface area contributed by atoms with Gasteiger partial charge < -0.3 is 20.8 Å². The first kappa shape index (κ1) is 16.5. The number of amides is 2. The molecule has 0 bridgehead atoms. The van der Waals surface area contributed by atoms with E-state index in [1.807, 2.05) is 30.3 Å². The van der Waals surface area contributed by atoms with Gasteiger partial charge in [0.2, 0.25) is 0 Å². The smallest absolute Gasteiger partial charge is 0.326 e. The highest BCUT2D eigenvalue weighted by atomic mass is 16.4. The van der Waals surface area contributed by atoms with E-state index in [1.54, 1.807) is 6.92 Å². The first-order valence-corrected chi connectivity index (χ1v) is 6.44. The van der Waals surface area contributed by atoms with Crippen molar-refractivity contribution in [3.05, 3.63) is 35.9 Å². The van der Waals surface area contributed by atoms with E-state index in [4.69, 9.17) is 10.2 Å². The van der Waals surface area contributed by atoms with Gasteiger partial charge in [0.25, 0.3) is 0 Å². The molecule has 4 N–H and O–H groups in total. The number of nitrogens with one attached hydrogen (secondary N) is 2. The first-order chi connectivity index (χ1) is 9.88. The Balaban J connectivity index is 2.48. The Hall–Kier alpha value is -2.57. The number of hydrogen-bond acceptors (Lipinski definition) is 3. The zero-order valence-corrected chi connectivity index (χ0v) is 11.6. The third-order valence-corrected chi connectivity index (χ3v) is 2.74. The zero-order valence-electron chi connectivity index (χ0n) is 11.6. The number of carboxylic acids is 2. The molecule has 0 fully saturated rings. The molecular weight excluding hydrogens is 276 g/mol. The van der Waals surface area contributed by atoms with E-state index in [0.717, 1.165) is 5.56 Å². The van der Waals surface area contributed by atoms with E-state index < -0.39 is 30.4 Å². The van der Waals surface area contributed by atoms with Crippen molar-refractivity contribution in [2.75, 3.05) is 0 Å². The molecule has 0 aliphatic carbocycles. The van der Waals surface area contributed by atoms with Crippen LogP contribution in [0.3, 0.4) is 0 Å². The minimum Gasteiger partial charge on any atom is -0.481 e. The second-order valence-electron chi connectivity index (χ2n) is 4.70. The number of hydrogen-bond donors (Lipinski definition) is 4. The van der Waals surface area contributed by atoms with Crippen LogP contribution < -0.4 is 10.6 Å². The molecule has 0 aromatic heterocycles. The first-order valence-electron chi connectivity index (χ1n) is 6.44. The molecule has 2 amide bonds. The summed E-state index contributed by atoms with van der Waals surface area (Å²) in [6.45, 7) is 1.78. The Labute approximate surface area is 122 Å². The second-order valence-corrected chi connectivity index (χ2v) is 4.70. The van der Waals surface area contributed by atoms with E-state index >= 15 is 0 Å². The summed E-state index contributed by atoms with van der Waals surface area (Å²) in [5.74, 6) is -2.68. The Morgan fingerprint density at radius 1 is 1.10 bits per heavy atom. The van der Waals surface area contributed by atoms with Crippen molar-refractivity contribution < 1.29 is 24.6 Å². The molecule has 0 saturated heterocycles. The zero-order chi connectivity index (χ0) is 15.8. The number of rotatable bonds is 7. The molecule has 1 rings (SSSR count). The maximum Gasteiger partial charge on any atom is 0.326 e. The number of benzene rings is 1. The molecule has 21 heavy (non-hydrogen) atoms.